The molecule has 0 spiro atoms. The van der Waals surface area contributed by atoms with Crippen LogP contribution in [0.3, 0.4) is 0 Å². The van der Waals surface area contributed by atoms with Crippen LogP contribution in [0.4, 0.5) is 15.8 Å². The number of halogens is 1. The standard InChI is InChI=1S/C22H27FN2O7S/c1-4-31-19-14-18(25-8-10-30-11-9-25)20(32-5-2)13-17(19)24-33(27,28)21-12-15(22(26)29-3)6-7-16(21)23/h6-7,12-14,24H,4-5,8-11H2,1-3H3. The number of morpholine rings is 1. The highest BCUT2D eigenvalue weighted by Crippen LogP contribution is 2.40. The first kappa shape index (κ1) is 24.6. The zero-order valence-corrected chi connectivity index (χ0v) is 19.5. The number of sulfonamides is 1. The number of hydrogen-bond acceptors (Lipinski definition) is 8. The summed E-state index contributed by atoms with van der Waals surface area (Å²) in [7, 11) is -3.27. The molecule has 0 aliphatic carbocycles. The highest BCUT2D eigenvalue weighted by Gasteiger charge is 2.25. The van der Waals surface area contributed by atoms with Gasteiger partial charge >= 0.3 is 5.97 Å². The summed E-state index contributed by atoms with van der Waals surface area (Å²) in [6.45, 7) is 6.61. The van der Waals surface area contributed by atoms with Gasteiger partial charge in [-0.1, -0.05) is 0 Å². The number of carbonyl (C=O) groups excluding carboxylic acids is 1. The Bertz CT molecular complexity index is 1100. The van der Waals surface area contributed by atoms with Crippen molar-refractivity contribution in [3.05, 3.63) is 41.7 Å². The Balaban J connectivity index is 2.04. The molecule has 9 nitrogen and oxygen atoms in total. The van der Waals surface area contributed by atoms with Gasteiger partial charge in [0.15, 0.2) is 0 Å². The number of ether oxygens (including phenoxy) is 4. The van der Waals surface area contributed by atoms with Crippen molar-refractivity contribution in [2.75, 3.05) is 56.2 Å². The van der Waals surface area contributed by atoms with Crippen LogP contribution in [0, 0.1) is 5.82 Å². The van der Waals surface area contributed by atoms with Gasteiger partial charge in [0.25, 0.3) is 10.0 Å². The fourth-order valence-corrected chi connectivity index (χ4v) is 4.55. The van der Waals surface area contributed by atoms with Crippen molar-refractivity contribution in [2.24, 2.45) is 0 Å². The molecule has 2 aromatic carbocycles. The van der Waals surface area contributed by atoms with E-state index in [-0.39, 0.29) is 23.6 Å². The predicted molar refractivity (Wildman–Crippen MR) is 120 cm³/mol. The van der Waals surface area contributed by atoms with Gasteiger partial charge in [0.2, 0.25) is 0 Å². The first-order valence-corrected chi connectivity index (χ1v) is 12.0. The lowest BCUT2D eigenvalue weighted by molar-refractivity contribution is 0.0600. The van der Waals surface area contributed by atoms with E-state index in [9.17, 15) is 17.6 Å². The number of methoxy groups -OCH3 is 1. The van der Waals surface area contributed by atoms with E-state index in [1.807, 2.05) is 6.92 Å². The van der Waals surface area contributed by atoms with Crippen LogP contribution in [0.2, 0.25) is 0 Å². The number of hydrogen-bond donors (Lipinski definition) is 1. The van der Waals surface area contributed by atoms with Crippen LogP contribution in [0.1, 0.15) is 24.2 Å². The molecular weight excluding hydrogens is 455 g/mol. The second-order valence-electron chi connectivity index (χ2n) is 7.02. The van der Waals surface area contributed by atoms with Gasteiger partial charge in [-0.05, 0) is 32.0 Å². The molecule has 0 radical (unpaired) electrons. The Hall–Kier alpha value is -3.05. The second kappa shape index (κ2) is 10.7. The molecule has 33 heavy (non-hydrogen) atoms. The van der Waals surface area contributed by atoms with E-state index in [1.165, 1.54) is 6.07 Å². The number of benzene rings is 2. The van der Waals surface area contributed by atoms with E-state index in [1.54, 1.807) is 13.0 Å². The van der Waals surface area contributed by atoms with Crippen molar-refractivity contribution in [1.82, 2.24) is 0 Å². The van der Waals surface area contributed by atoms with E-state index < -0.39 is 26.7 Å². The smallest absolute Gasteiger partial charge is 0.337 e. The largest absolute Gasteiger partial charge is 0.492 e. The lowest BCUT2D eigenvalue weighted by atomic mass is 10.2. The third kappa shape index (κ3) is 5.66. The van der Waals surface area contributed by atoms with E-state index >= 15 is 0 Å². The number of nitrogens with one attached hydrogen (secondary N) is 1. The molecule has 1 fully saturated rings. The fourth-order valence-electron chi connectivity index (χ4n) is 3.38. The van der Waals surface area contributed by atoms with E-state index in [4.69, 9.17) is 14.2 Å². The molecule has 1 heterocycles. The fraction of sp³-hybridized carbons (Fsp3) is 0.409. The SMILES string of the molecule is CCOc1cc(N2CCOCC2)c(OCC)cc1NS(=O)(=O)c1cc(C(=O)OC)ccc1F. The van der Waals surface area contributed by atoms with E-state index in [0.717, 1.165) is 31.0 Å². The van der Waals surface area contributed by atoms with Crippen LogP contribution in [0.25, 0.3) is 0 Å². The number of esters is 1. The van der Waals surface area contributed by atoms with Gasteiger partial charge in [-0.2, -0.15) is 0 Å². The maximum Gasteiger partial charge on any atom is 0.337 e. The molecule has 0 bridgehead atoms. The van der Waals surface area contributed by atoms with Crippen molar-refractivity contribution in [3.63, 3.8) is 0 Å². The van der Waals surface area contributed by atoms with Crippen LogP contribution >= 0.6 is 0 Å². The molecule has 1 N–H and O–H groups in total. The van der Waals surface area contributed by atoms with Gasteiger partial charge < -0.3 is 23.8 Å². The minimum Gasteiger partial charge on any atom is -0.492 e. The van der Waals surface area contributed by atoms with Gasteiger partial charge in [0.05, 0.1) is 50.5 Å². The molecule has 1 aliphatic heterocycles. The average Bonchev–Trinajstić information content (AvgIpc) is 2.81. The molecule has 180 valence electrons. The first-order chi connectivity index (χ1) is 15.8. The van der Waals surface area contributed by atoms with Crippen molar-refractivity contribution < 1.29 is 36.6 Å². The maximum atomic E-state index is 14.4. The Labute approximate surface area is 192 Å². The molecule has 0 unspecified atom stereocenters. The number of rotatable bonds is 9. The monoisotopic (exact) mass is 482 g/mol. The summed E-state index contributed by atoms with van der Waals surface area (Å²) >= 11 is 0. The maximum absolute atomic E-state index is 14.4. The lowest BCUT2D eigenvalue weighted by Gasteiger charge is -2.31. The Morgan fingerprint density at radius 1 is 1.09 bits per heavy atom. The molecule has 1 saturated heterocycles. The van der Waals surface area contributed by atoms with Crippen LogP contribution in [0.15, 0.2) is 35.2 Å². The molecule has 2 aromatic rings. The van der Waals surface area contributed by atoms with Gasteiger partial charge in [-0.15, -0.1) is 0 Å². The molecule has 11 heteroatoms. The van der Waals surface area contributed by atoms with Crippen LogP contribution in [-0.4, -0.2) is 61.0 Å². The van der Waals surface area contributed by atoms with Crippen LogP contribution in [-0.2, 0) is 19.5 Å². The van der Waals surface area contributed by atoms with Crippen molar-refractivity contribution in [1.29, 1.82) is 0 Å². The van der Waals surface area contributed by atoms with E-state index in [0.29, 0.717) is 38.7 Å². The molecule has 3 rings (SSSR count). The Morgan fingerprint density at radius 2 is 1.76 bits per heavy atom. The van der Waals surface area contributed by atoms with Gasteiger partial charge in [-0.25, -0.2) is 17.6 Å². The number of carbonyl (C=O) groups is 1. The molecule has 0 saturated carbocycles. The first-order valence-electron chi connectivity index (χ1n) is 10.5. The van der Waals surface area contributed by atoms with Gasteiger partial charge in [0, 0.05) is 25.2 Å². The quantitative estimate of drug-likeness (QED) is 0.544. The van der Waals surface area contributed by atoms with Crippen molar-refractivity contribution in [3.8, 4) is 11.5 Å². The molecule has 0 aromatic heterocycles. The van der Waals surface area contributed by atoms with Crippen LogP contribution in [0.5, 0.6) is 11.5 Å². The second-order valence-corrected chi connectivity index (χ2v) is 8.67. The summed E-state index contributed by atoms with van der Waals surface area (Å²) in [5.74, 6) is -1.09. The zero-order valence-electron chi connectivity index (χ0n) is 18.7. The minimum atomic E-state index is -4.42. The summed E-state index contributed by atoms with van der Waals surface area (Å²) in [4.78, 5) is 13.2. The van der Waals surface area contributed by atoms with Crippen LogP contribution < -0.4 is 19.1 Å². The molecule has 1 aliphatic rings. The molecule has 0 atom stereocenters. The zero-order chi connectivity index (χ0) is 24.0. The Morgan fingerprint density at radius 3 is 2.39 bits per heavy atom. The third-order valence-corrected chi connectivity index (χ3v) is 6.28. The molecular formula is C22H27FN2O7S. The van der Waals surface area contributed by atoms with Crippen molar-refractivity contribution in [2.45, 2.75) is 18.7 Å². The number of anilines is 2. The van der Waals surface area contributed by atoms with E-state index in [2.05, 4.69) is 14.4 Å². The number of nitrogens with zero attached hydrogens (tertiary/aromatic N) is 1. The lowest BCUT2D eigenvalue weighted by Crippen LogP contribution is -2.36. The highest BCUT2D eigenvalue weighted by atomic mass is 32.2. The summed E-state index contributed by atoms with van der Waals surface area (Å²) in [6.07, 6.45) is 0. The summed E-state index contributed by atoms with van der Waals surface area (Å²) < 4.78 is 64.4. The predicted octanol–water partition coefficient (Wildman–Crippen LogP) is 3.05. The van der Waals surface area contributed by atoms with Gasteiger partial charge in [0.1, 0.15) is 22.2 Å². The summed E-state index contributed by atoms with van der Waals surface area (Å²) in [5, 5.41) is 0. The summed E-state index contributed by atoms with van der Waals surface area (Å²) in [6, 6.07) is 6.18. The normalized spacial score (nSPS) is 14.0. The Kier molecular flexibility index (Phi) is 7.98. The topological polar surface area (TPSA) is 103 Å². The molecule has 0 amide bonds. The minimum absolute atomic E-state index is 0.0835. The third-order valence-electron chi connectivity index (χ3n) is 4.90. The highest BCUT2D eigenvalue weighted by molar-refractivity contribution is 7.92. The average molecular weight is 483 g/mol. The summed E-state index contributed by atoms with van der Waals surface area (Å²) in [5.41, 5.74) is 0.729. The van der Waals surface area contributed by atoms with Gasteiger partial charge in [-0.3, -0.25) is 4.72 Å². The van der Waals surface area contributed by atoms with Crippen molar-refractivity contribution >= 4 is 27.4 Å².